The minimum absolute atomic E-state index is 0.0249. The Morgan fingerprint density at radius 3 is 2.08 bits per heavy atom. The first-order valence-corrected chi connectivity index (χ1v) is 10.4. The van der Waals surface area contributed by atoms with Crippen LogP contribution < -0.4 is 10.6 Å². The summed E-state index contributed by atoms with van der Waals surface area (Å²) in [6.07, 6.45) is 4.06. The van der Waals surface area contributed by atoms with E-state index in [1.165, 1.54) is 0 Å². The van der Waals surface area contributed by atoms with Gasteiger partial charge in [-0.2, -0.15) is 0 Å². The molecule has 1 atom stereocenters. The molecule has 1 aromatic rings. The average Bonchev–Trinajstić information content (AvgIpc) is 2.61. The monoisotopic (exact) mass is 422 g/mol. The van der Waals surface area contributed by atoms with E-state index in [2.05, 4.69) is 40.4 Å². The Morgan fingerprint density at radius 1 is 1.00 bits per heavy atom. The van der Waals surface area contributed by atoms with Gasteiger partial charge in [-0.05, 0) is 67.7 Å². The van der Waals surface area contributed by atoms with Gasteiger partial charge in [0.25, 0.3) is 0 Å². The topological polar surface area (TPSA) is 58.2 Å². The molecule has 0 aromatic heterocycles. The second-order valence-corrected chi connectivity index (χ2v) is 9.00. The van der Waals surface area contributed by atoms with Gasteiger partial charge in [-0.15, -0.1) is 0 Å². The zero-order valence-corrected chi connectivity index (χ0v) is 17.8. The molecule has 0 aliphatic heterocycles. The molecule has 1 fully saturated rings. The van der Waals surface area contributed by atoms with E-state index in [-0.39, 0.29) is 23.7 Å². The molecular weight excluding hydrogens is 392 g/mol. The number of carbonyl (C=O) groups is 2. The van der Waals surface area contributed by atoms with Crippen LogP contribution in [-0.2, 0) is 9.59 Å². The molecule has 1 aliphatic carbocycles. The lowest BCUT2D eigenvalue weighted by Crippen LogP contribution is -2.49. The van der Waals surface area contributed by atoms with Crippen molar-refractivity contribution in [2.24, 2.45) is 23.7 Å². The fraction of sp³-hybridized carbons (Fsp3) is 0.619. The molecule has 0 unspecified atom stereocenters. The maximum absolute atomic E-state index is 12.7. The lowest BCUT2D eigenvalue weighted by atomic mass is 9.76. The predicted molar refractivity (Wildman–Crippen MR) is 110 cm³/mol. The maximum atomic E-state index is 12.7. The molecule has 1 aromatic carbocycles. The van der Waals surface area contributed by atoms with Crippen molar-refractivity contribution in [1.82, 2.24) is 5.32 Å². The van der Waals surface area contributed by atoms with Crippen molar-refractivity contribution in [2.75, 3.05) is 5.32 Å². The van der Waals surface area contributed by atoms with Gasteiger partial charge in [-0.3, -0.25) is 9.59 Å². The minimum atomic E-state index is -0.519. The molecule has 2 N–H and O–H groups in total. The molecule has 26 heavy (non-hydrogen) atoms. The standard InChI is InChI=1S/C21H31BrN2O2/c1-13(2)15-5-7-16(8-6-15)20(25)24-19(14(3)4)21(26)23-18-11-9-17(22)10-12-18/h9-16,19H,5-8H2,1-4H3,(H,23,26)(H,24,25)/t15?,16?,19-/m0/s1. The molecule has 4 nitrogen and oxygen atoms in total. The molecule has 0 radical (unpaired) electrons. The third-order valence-electron chi connectivity index (χ3n) is 5.44. The molecule has 1 saturated carbocycles. The number of nitrogens with one attached hydrogen (secondary N) is 2. The second-order valence-electron chi connectivity index (χ2n) is 8.08. The highest BCUT2D eigenvalue weighted by Crippen LogP contribution is 2.33. The van der Waals surface area contributed by atoms with E-state index in [1.807, 2.05) is 38.1 Å². The third-order valence-corrected chi connectivity index (χ3v) is 5.97. The van der Waals surface area contributed by atoms with E-state index in [0.29, 0.717) is 5.92 Å². The Morgan fingerprint density at radius 2 is 1.58 bits per heavy atom. The minimum Gasteiger partial charge on any atom is -0.344 e. The smallest absolute Gasteiger partial charge is 0.247 e. The van der Waals surface area contributed by atoms with E-state index in [1.54, 1.807) is 0 Å². The summed E-state index contributed by atoms with van der Waals surface area (Å²) in [4.78, 5) is 25.4. The van der Waals surface area contributed by atoms with Gasteiger partial charge < -0.3 is 10.6 Å². The summed E-state index contributed by atoms with van der Waals surface area (Å²) in [7, 11) is 0. The molecule has 0 heterocycles. The van der Waals surface area contributed by atoms with Gasteiger partial charge in [0.05, 0.1) is 0 Å². The summed E-state index contributed by atoms with van der Waals surface area (Å²) in [5, 5.41) is 5.91. The van der Waals surface area contributed by atoms with Crippen molar-refractivity contribution in [3.63, 3.8) is 0 Å². The number of amides is 2. The lowest BCUT2D eigenvalue weighted by molar-refractivity contribution is -0.131. The number of hydrogen-bond acceptors (Lipinski definition) is 2. The summed E-state index contributed by atoms with van der Waals surface area (Å²) in [6.45, 7) is 8.43. The number of hydrogen-bond donors (Lipinski definition) is 2. The quantitative estimate of drug-likeness (QED) is 0.677. The van der Waals surface area contributed by atoms with E-state index in [4.69, 9.17) is 0 Å². The first kappa shape index (κ1) is 20.9. The molecule has 144 valence electrons. The number of carbonyl (C=O) groups excluding carboxylic acids is 2. The summed E-state index contributed by atoms with van der Waals surface area (Å²) in [5.41, 5.74) is 0.732. The SMILES string of the molecule is CC(C)C1CCC(C(=O)N[C@H](C(=O)Nc2ccc(Br)cc2)C(C)C)CC1. The van der Waals surface area contributed by atoms with Gasteiger partial charge in [0.15, 0.2) is 0 Å². The highest BCUT2D eigenvalue weighted by Gasteiger charge is 2.31. The summed E-state index contributed by atoms with van der Waals surface area (Å²) in [5.74, 6) is 1.33. The number of rotatable bonds is 6. The first-order chi connectivity index (χ1) is 12.3. The Labute approximate surface area is 165 Å². The van der Waals surface area contributed by atoms with Crippen LogP contribution in [0.1, 0.15) is 53.4 Å². The lowest BCUT2D eigenvalue weighted by Gasteiger charge is -2.31. The van der Waals surface area contributed by atoms with Crippen LogP contribution in [0.4, 0.5) is 5.69 Å². The predicted octanol–water partition coefficient (Wildman–Crippen LogP) is 4.99. The molecule has 2 rings (SSSR count). The summed E-state index contributed by atoms with van der Waals surface area (Å²) < 4.78 is 0.959. The van der Waals surface area contributed by atoms with Gasteiger partial charge in [-0.25, -0.2) is 0 Å². The van der Waals surface area contributed by atoms with Gasteiger partial charge in [0.2, 0.25) is 11.8 Å². The molecular formula is C21H31BrN2O2. The Hall–Kier alpha value is -1.36. The molecule has 0 saturated heterocycles. The zero-order chi connectivity index (χ0) is 19.3. The fourth-order valence-electron chi connectivity index (χ4n) is 3.61. The van der Waals surface area contributed by atoms with E-state index in [0.717, 1.165) is 41.8 Å². The van der Waals surface area contributed by atoms with Crippen molar-refractivity contribution < 1.29 is 9.59 Å². The average molecular weight is 423 g/mol. The second kappa shape index (κ2) is 9.54. The highest BCUT2D eigenvalue weighted by atomic mass is 79.9. The van der Waals surface area contributed by atoms with Crippen LogP contribution in [0.15, 0.2) is 28.7 Å². The van der Waals surface area contributed by atoms with Crippen LogP contribution in [0.5, 0.6) is 0 Å². The van der Waals surface area contributed by atoms with Crippen LogP contribution in [0.3, 0.4) is 0 Å². The highest BCUT2D eigenvalue weighted by molar-refractivity contribution is 9.10. The molecule has 0 spiro atoms. The molecule has 0 bridgehead atoms. The van der Waals surface area contributed by atoms with Crippen LogP contribution in [0.25, 0.3) is 0 Å². The Kier molecular flexibility index (Phi) is 7.69. The first-order valence-electron chi connectivity index (χ1n) is 9.64. The Balaban J connectivity index is 1.93. The largest absolute Gasteiger partial charge is 0.344 e. The van der Waals surface area contributed by atoms with Crippen LogP contribution in [-0.4, -0.2) is 17.9 Å². The van der Waals surface area contributed by atoms with Crippen LogP contribution >= 0.6 is 15.9 Å². The van der Waals surface area contributed by atoms with Gasteiger partial charge in [0, 0.05) is 16.1 Å². The van der Waals surface area contributed by atoms with E-state index < -0.39 is 6.04 Å². The van der Waals surface area contributed by atoms with Gasteiger partial charge in [-0.1, -0.05) is 43.6 Å². The number of anilines is 1. The van der Waals surface area contributed by atoms with Crippen molar-refractivity contribution in [2.45, 2.75) is 59.4 Å². The van der Waals surface area contributed by atoms with Crippen LogP contribution in [0.2, 0.25) is 0 Å². The normalized spacial score (nSPS) is 21.5. The zero-order valence-electron chi connectivity index (χ0n) is 16.2. The van der Waals surface area contributed by atoms with Crippen molar-refractivity contribution in [3.05, 3.63) is 28.7 Å². The van der Waals surface area contributed by atoms with Crippen molar-refractivity contribution in [1.29, 1.82) is 0 Å². The molecule has 5 heteroatoms. The van der Waals surface area contributed by atoms with Crippen molar-refractivity contribution in [3.8, 4) is 0 Å². The molecule has 2 amide bonds. The third kappa shape index (κ3) is 5.83. The van der Waals surface area contributed by atoms with E-state index >= 15 is 0 Å². The van der Waals surface area contributed by atoms with Crippen LogP contribution in [0, 0.1) is 23.7 Å². The van der Waals surface area contributed by atoms with Crippen molar-refractivity contribution >= 4 is 33.4 Å². The molecule has 1 aliphatic rings. The fourth-order valence-corrected chi connectivity index (χ4v) is 3.87. The van der Waals surface area contributed by atoms with Gasteiger partial charge in [0.1, 0.15) is 6.04 Å². The summed E-state index contributed by atoms with van der Waals surface area (Å²) >= 11 is 3.38. The maximum Gasteiger partial charge on any atom is 0.247 e. The Bertz CT molecular complexity index is 605. The van der Waals surface area contributed by atoms with E-state index in [9.17, 15) is 9.59 Å². The van der Waals surface area contributed by atoms with Gasteiger partial charge >= 0.3 is 0 Å². The summed E-state index contributed by atoms with van der Waals surface area (Å²) in [6, 6.07) is 6.93. The number of halogens is 1. The number of benzene rings is 1.